The van der Waals surface area contributed by atoms with E-state index in [4.69, 9.17) is 9.47 Å². The molecule has 2 unspecified atom stereocenters. The Bertz CT molecular complexity index is 644. The van der Waals surface area contributed by atoms with Gasteiger partial charge in [-0.2, -0.15) is 0 Å². The summed E-state index contributed by atoms with van der Waals surface area (Å²) in [5.41, 5.74) is 1.78. The van der Waals surface area contributed by atoms with E-state index >= 15 is 0 Å². The topological polar surface area (TPSA) is 18.5 Å². The van der Waals surface area contributed by atoms with Crippen LogP contribution < -0.4 is 9.47 Å². The molecule has 4 heteroatoms. The number of methoxy groups -OCH3 is 1. The molecule has 1 heterocycles. The van der Waals surface area contributed by atoms with Crippen molar-refractivity contribution in [1.29, 1.82) is 0 Å². The minimum atomic E-state index is -0.250. The molecule has 2 atom stereocenters. The number of halogens is 2. The van der Waals surface area contributed by atoms with Gasteiger partial charge in [0.15, 0.2) is 0 Å². The van der Waals surface area contributed by atoms with Crippen LogP contribution in [0.25, 0.3) is 0 Å². The van der Waals surface area contributed by atoms with Gasteiger partial charge in [-0.05, 0) is 24.1 Å². The largest absolute Gasteiger partial charge is 0.497 e. The van der Waals surface area contributed by atoms with E-state index in [0.717, 1.165) is 17.7 Å². The zero-order chi connectivity index (χ0) is 14.8. The highest BCUT2D eigenvalue weighted by molar-refractivity contribution is 9.09. The maximum absolute atomic E-state index is 14.3. The SMILES string of the molecule is COc1ccc(C(Br)C2CCOc3ccccc32)c(F)c1. The van der Waals surface area contributed by atoms with Gasteiger partial charge in [0.25, 0.3) is 0 Å². The number of fused-ring (bicyclic) bond motifs is 1. The van der Waals surface area contributed by atoms with Gasteiger partial charge in [-0.1, -0.05) is 40.2 Å². The van der Waals surface area contributed by atoms with Crippen LogP contribution >= 0.6 is 15.9 Å². The normalized spacial score (nSPS) is 18.5. The maximum Gasteiger partial charge on any atom is 0.131 e. The Morgan fingerprint density at radius 1 is 1.29 bits per heavy atom. The summed E-state index contributed by atoms with van der Waals surface area (Å²) < 4.78 is 25.0. The molecule has 0 radical (unpaired) electrons. The van der Waals surface area contributed by atoms with E-state index in [1.807, 2.05) is 18.2 Å². The third-order valence-electron chi connectivity index (χ3n) is 3.86. The fraction of sp³-hybridized carbons (Fsp3) is 0.294. The molecule has 1 aliphatic heterocycles. The molecule has 0 fully saturated rings. The first-order valence-electron chi connectivity index (χ1n) is 6.90. The smallest absolute Gasteiger partial charge is 0.131 e. The van der Waals surface area contributed by atoms with Gasteiger partial charge in [0, 0.05) is 22.4 Å². The van der Waals surface area contributed by atoms with E-state index in [9.17, 15) is 4.39 Å². The molecule has 0 spiro atoms. The average molecular weight is 351 g/mol. The van der Waals surface area contributed by atoms with E-state index < -0.39 is 0 Å². The molecular weight excluding hydrogens is 335 g/mol. The van der Waals surface area contributed by atoms with Crippen molar-refractivity contribution in [2.45, 2.75) is 17.2 Å². The number of rotatable bonds is 3. The van der Waals surface area contributed by atoms with Gasteiger partial charge in [0.05, 0.1) is 13.7 Å². The second-order valence-corrected chi connectivity index (χ2v) is 6.06. The molecule has 3 rings (SSSR count). The number of alkyl halides is 1. The molecule has 0 N–H and O–H groups in total. The van der Waals surface area contributed by atoms with Crippen LogP contribution in [0.2, 0.25) is 0 Å². The van der Waals surface area contributed by atoms with Crippen LogP contribution in [-0.4, -0.2) is 13.7 Å². The average Bonchev–Trinajstić information content (AvgIpc) is 2.53. The zero-order valence-electron chi connectivity index (χ0n) is 11.7. The molecule has 0 bridgehead atoms. The van der Waals surface area contributed by atoms with Crippen molar-refractivity contribution >= 4 is 15.9 Å². The third-order valence-corrected chi connectivity index (χ3v) is 4.99. The van der Waals surface area contributed by atoms with Crippen molar-refractivity contribution in [1.82, 2.24) is 0 Å². The number of benzene rings is 2. The van der Waals surface area contributed by atoms with Crippen LogP contribution in [0.15, 0.2) is 42.5 Å². The lowest BCUT2D eigenvalue weighted by molar-refractivity contribution is 0.265. The predicted molar refractivity (Wildman–Crippen MR) is 83.9 cm³/mol. The van der Waals surface area contributed by atoms with Crippen molar-refractivity contribution in [3.8, 4) is 11.5 Å². The van der Waals surface area contributed by atoms with Gasteiger partial charge >= 0.3 is 0 Å². The van der Waals surface area contributed by atoms with Gasteiger partial charge in [0.1, 0.15) is 17.3 Å². The van der Waals surface area contributed by atoms with Crippen molar-refractivity contribution in [3.05, 3.63) is 59.4 Å². The Labute approximate surface area is 132 Å². The van der Waals surface area contributed by atoms with Crippen LogP contribution in [0, 0.1) is 5.82 Å². The monoisotopic (exact) mass is 350 g/mol. The highest BCUT2D eigenvalue weighted by Crippen LogP contribution is 2.46. The maximum atomic E-state index is 14.3. The lowest BCUT2D eigenvalue weighted by Crippen LogP contribution is -2.18. The second-order valence-electron chi connectivity index (χ2n) is 5.07. The first kappa shape index (κ1) is 14.4. The summed E-state index contributed by atoms with van der Waals surface area (Å²) in [6.45, 7) is 0.654. The van der Waals surface area contributed by atoms with Gasteiger partial charge in [-0.15, -0.1) is 0 Å². The Kier molecular flexibility index (Phi) is 4.15. The summed E-state index contributed by atoms with van der Waals surface area (Å²) in [5, 5.41) is 0. The molecule has 110 valence electrons. The Morgan fingerprint density at radius 3 is 2.86 bits per heavy atom. The lowest BCUT2D eigenvalue weighted by atomic mass is 9.87. The van der Waals surface area contributed by atoms with Crippen molar-refractivity contribution in [3.63, 3.8) is 0 Å². The van der Waals surface area contributed by atoms with E-state index in [0.29, 0.717) is 17.9 Å². The van der Waals surface area contributed by atoms with E-state index in [1.54, 1.807) is 12.1 Å². The lowest BCUT2D eigenvalue weighted by Gasteiger charge is -2.29. The molecule has 2 aromatic rings. The van der Waals surface area contributed by atoms with Crippen LogP contribution in [0.5, 0.6) is 11.5 Å². The Balaban J connectivity index is 1.94. The van der Waals surface area contributed by atoms with E-state index in [2.05, 4.69) is 22.0 Å². The molecule has 2 nitrogen and oxygen atoms in total. The van der Waals surface area contributed by atoms with Crippen LogP contribution in [0.3, 0.4) is 0 Å². The summed E-state index contributed by atoms with van der Waals surface area (Å²) in [7, 11) is 1.54. The standard InChI is InChI=1S/C17H16BrFO2/c1-20-11-6-7-14(15(19)10-11)17(18)13-8-9-21-16-5-3-2-4-12(13)16/h2-7,10,13,17H,8-9H2,1H3. The van der Waals surface area contributed by atoms with Gasteiger partial charge < -0.3 is 9.47 Å². The molecule has 0 saturated carbocycles. The number of ether oxygens (including phenoxy) is 2. The second kappa shape index (κ2) is 6.06. The van der Waals surface area contributed by atoms with Gasteiger partial charge in [-0.25, -0.2) is 4.39 Å². The molecule has 0 amide bonds. The molecule has 0 aliphatic carbocycles. The molecule has 21 heavy (non-hydrogen) atoms. The predicted octanol–water partition coefficient (Wildman–Crippen LogP) is 4.84. The van der Waals surface area contributed by atoms with Crippen molar-refractivity contribution in [2.75, 3.05) is 13.7 Å². The van der Waals surface area contributed by atoms with Gasteiger partial charge in [-0.3, -0.25) is 0 Å². The quantitative estimate of drug-likeness (QED) is 0.737. The molecule has 0 aromatic heterocycles. The minimum absolute atomic E-state index is 0.0894. The minimum Gasteiger partial charge on any atom is -0.497 e. The summed E-state index contributed by atoms with van der Waals surface area (Å²) >= 11 is 3.68. The zero-order valence-corrected chi connectivity index (χ0v) is 13.3. The highest BCUT2D eigenvalue weighted by Gasteiger charge is 2.29. The molecule has 0 saturated heterocycles. The van der Waals surface area contributed by atoms with Crippen LogP contribution in [0.1, 0.15) is 28.3 Å². The molecular formula is C17H16BrFO2. The van der Waals surface area contributed by atoms with Gasteiger partial charge in [0.2, 0.25) is 0 Å². The Hall–Kier alpha value is -1.55. The van der Waals surface area contributed by atoms with Crippen LogP contribution in [0.4, 0.5) is 4.39 Å². The summed E-state index contributed by atoms with van der Waals surface area (Å²) in [4.78, 5) is -0.0894. The third kappa shape index (κ3) is 2.77. The molecule has 2 aromatic carbocycles. The number of hydrogen-bond donors (Lipinski definition) is 0. The van der Waals surface area contributed by atoms with E-state index in [-0.39, 0.29) is 16.6 Å². The summed E-state index contributed by atoms with van der Waals surface area (Å²) in [6.07, 6.45) is 0.860. The first-order valence-corrected chi connectivity index (χ1v) is 7.81. The number of hydrogen-bond acceptors (Lipinski definition) is 2. The molecule has 1 aliphatic rings. The van der Waals surface area contributed by atoms with Crippen molar-refractivity contribution < 1.29 is 13.9 Å². The highest BCUT2D eigenvalue weighted by atomic mass is 79.9. The van der Waals surface area contributed by atoms with Crippen LogP contribution in [-0.2, 0) is 0 Å². The summed E-state index contributed by atoms with van der Waals surface area (Å²) in [5.74, 6) is 1.37. The van der Waals surface area contributed by atoms with E-state index in [1.165, 1.54) is 13.2 Å². The summed E-state index contributed by atoms with van der Waals surface area (Å²) in [6, 6.07) is 13.0. The fourth-order valence-corrected chi connectivity index (χ4v) is 3.67. The fourth-order valence-electron chi connectivity index (χ4n) is 2.75. The number of para-hydroxylation sites is 1. The Morgan fingerprint density at radius 2 is 2.10 bits per heavy atom. The van der Waals surface area contributed by atoms with Crippen molar-refractivity contribution in [2.24, 2.45) is 0 Å². The first-order chi connectivity index (χ1) is 10.2.